The molecule has 0 radical (unpaired) electrons. The van der Waals surface area contributed by atoms with E-state index in [1.54, 1.807) is 6.20 Å². The molecule has 0 aromatic carbocycles. The number of carbonyl (C=O) groups is 1. The van der Waals surface area contributed by atoms with Crippen LogP contribution in [0.2, 0.25) is 0 Å². The molecule has 2 rings (SSSR count). The number of Topliss-reactive ketones (excluding diaryl/α,β-unsaturated/α-hetero) is 1. The van der Waals surface area contributed by atoms with E-state index in [4.69, 9.17) is 0 Å². The Hall–Kier alpha value is -1.52. The molecule has 0 amide bonds. The molecule has 0 fully saturated rings. The fourth-order valence-corrected chi connectivity index (χ4v) is 2.00. The predicted octanol–water partition coefficient (Wildman–Crippen LogP) is 2.12. The van der Waals surface area contributed by atoms with Crippen LogP contribution < -0.4 is 5.32 Å². The molecule has 0 aliphatic rings. The minimum Gasteiger partial charge on any atom is -0.304 e. The van der Waals surface area contributed by atoms with Gasteiger partial charge >= 0.3 is 0 Å². The molecule has 0 saturated carbocycles. The molecular weight excluding hydrogens is 220 g/mol. The Balaban J connectivity index is 1.79. The molecule has 2 aromatic heterocycles. The molecule has 16 heavy (non-hydrogen) atoms. The quantitative estimate of drug-likeness (QED) is 0.803. The summed E-state index contributed by atoms with van der Waals surface area (Å²) >= 11 is 1.47. The Morgan fingerprint density at radius 1 is 1.31 bits per heavy atom. The molecule has 4 heteroatoms. The van der Waals surface area contributed by atoms with E-state index in [1.807, 2.05) is 35.7 Å². The predicted molar refractivity (Wildman–Crippen MR) is 64.6 cm³/mol. The second-order valence-corrected chi connectivity index (χ2v) is 4.27. The summed E-state index contributed by atoms with van der Waals surface area (Å²) in [6.45, 7) is 0.981. The number of nitrogens with one attached hydrogen (secondary N) is 1. The van der Waals surface area contributed by atoms with Gasteiger partial charge in [0.2, 0.25) is 0 Å². The van der Waals surface area contributed by atoms with E-state index in [-0.39, 0.29) is 5.78 Å². The van der Waals surface area contributed by atoms with Crippen LogP contribution in [-0.2, 0) is 6.54 Å². The molecule has 0 unspecified atom stereocenters. The summed E-state index contributed by atoms with van der Waals surface area (Å²) in [6, 6.07) is 9.47. The van der Waals surface area contributed by atoms with Crippen LogP contribution >= 0.6 is 11.3 Å². The molecule has 1 N–H and O–H groups in total. The van der Waals surface area contributed by atoms with Crippen molar-refractivity contribution in [3.05, 3.63) is 52.5 Å². The van der Waals surface area contributed by atoms with Gasteiger partial charge in [0, 0.05) is 12.7 Å². The minimum absolute atomic E-state index is 0.130. The first-order chi connectivity index (χ1) is 7.86. The van der Waals surface area contributed by atoms with Crippen molar-refractivity contribution in [2.45, 2.75) is 6.54 Å². The molecular formula is C12H12N2OS. The van der Waals surface area contributed by atoms with Crippen molar-refractivity contribution in [1.82, 2.24) is 10.3 Å². The van der Waals surface area contributed by atoms with Crippen molar-refractivity contribution in [2.75, 3.05) is 6.54 Å². The van der Waals surface area contributed by atoms with E-state index in [1.165, 1.54) is 11.3 Å². The first kappa shape index (κ1) is 11.0. The van der Waals surface area contributed by atoms with Crippen LogP contribution in [0.5, 0.6) is 0 Å². The summed E-state index contributed by atoms with van der Waals surface area (Å²) in [6.07, 6.45) is 1.75. The molecule has 0 spiro atoms. The molecule has 82 valence electrons. The molecule has 0 aliphatic heterocycles. The number of hydrogen-bond acceptors (Lipinski definition) is 4. The average Bonchev–Trinajstić information content (AvgIpc) is 2.84. The third-order valence-corrected chi connectivity index (χ3v) is 3.02. The third kappa shape index (κ3) is 2.98. The molecule has 3 nitrogen and oxygen atoms in total. The second kappa shape index (κ2) is 5.53. The van der Waals surface area contributed by atoms with Crippen LogP contribution in [0.1, 0.15) is 15.4 Å². The number of rotatable bonds is 5. The average molecular weight is 232 g/mol. The van der Waals surface area contributed by atoms with Crippen LogP contribution in [0, 0.1) is 0 Å². The van der Waals surface area contributed by atoms with Crippen LogP contribution in [0.4, 0.5) is 0 Å². The summed E-state index contributed by atoms with van der Waals surface area (Å²) in [5, 5.41) is 4.99. The number of hydrogen-bond donors (Lipinski definition) is 1. The van der Waals surface area contributed by atoms with E-state index in [0.717, 1.165) is 10.6 Å². The maximum atomic E-state index is 11.6. The smallest absolute Gasteiger partial charge is 0.186 e. The lowest BCUT2D eigenvalue weighted by Crippen LogP contribution is -2.22. The van der Waals surface area contributed by atoms with Gasteiger partial charge in [0.15, 0.2) is 5.78 Å². The lowest BCUT2D eigenvalue weighted by atomic mass is 10.3. The first-order valence-electron chi connectivity index (χ1n) is 5.03. The fraction of sp³-hybridized carbons (Fsp3) is 0.167. The van der Waals surface area contributed by atoms with Gasteiger partial charge in [0.25, 0.3) is 0 Å². The lowest BCUT2D eigenvalue weighted by Gasteiger charge is -2.02. The fourth-order valence-electron chi connectivity index (χ4n) is 1.33. The zero-order chi connectivity index (χ0) is 11.2. The number of ketones is 1. The highest BCUT2D eigenvalue weighted by molar-refractivity contribution is 7.12. The van der Waals surface area contributed by atoms with Crippen LogP contribution in [0.15, 0.2) is 41.9 Å². The maximum absolute atomic E-state index is 11.6. The lowest BCUT2D eigenvalue weighted by molar-refractivity contribution is 0.0994. The molecule has 2 aromatic rings. The zero-order valence-electron chi connectivity index (χ0n) is 8.72. The van der Waals surface area contributed by atoms with Crippen molar-refractivity contribution in [2.24, 2.45) is 0 Å². The highest BCUT2D eigenvalue weighted by Gasteiger charge is 2.05. The van der Waals surface area contributed by atoms with E-state index in [2.05, 4.69) is 10.3 Å². The standard InChI is InChI=1S/C12H12N2OS/c15-11(12-5-3-7-16-12)9-13-8-10-4-1-2-6-14-10/h1-7,13H,8-9H2. The highest BCUT2D eigenvalue weighted by Crippen LogP contribution is 2.08. The number of thiophene rings is 1. The molecule has 0 atom stereocenters. The van der Waals surface area contributed by atoms with Gasteiger partial charge in [-0.05, 0) is 23.6 Å². The summed E-state index contributed by atoms with van der Waals surface area (Å²) in [5.74, 6) is 0.130. The Morgan fingerprint density at radius 2 is 2.25 bits per heavy atom. The normalized spacial score (nSPS) is 10.2. The van der Waals surface area contributed by atoms with E-state index in [0.29, 0.717) is 13.1 Å². The van der Waals surface area contributed by atoms with E-state index >= 15 is 0 Å². The van der Waals surface area contributed by atoms with Gasteiger partial charge in [0.1, 0.15) is 0 Å². The zero-order valence-corrected chi connectivity index (χ0v) is 9.54. The van der Waals surface area contributed by atoms with Gasteiger partial charge in [0.05, 0.1) is 17.1 Å². The Labute approximate surface area is 98.2 Å². The largest absolute Gasteiger partial charge is 0.304 e. The second-order valence-electron chi connectivity index (χ2n) is 3.33. The van der Waals surface area contributed by atoms with Crippen LogP contribution in [-0.4, -0.2) is 17.3 Å². The van der Waals surface area contributed by atoms with Crippen molar-refractivity contribution < 1.29 is 4.79 Å². The van der Waals surface area contributed by atoms with Crippen molar-refractivity contribution in [3.63, 3.8) is 0 Å². The van der Waals surface area contributed by atoms with Gasteiger partial charge in [-0.3, -0.25) is 9.78 Å². The molecule has 0 bridgehead atoms. The molecule has 0 aliphatic carbocycles. The number of aromatic nitrogens is 1. The molecule has 2 heterocycles. The monoisotopic (exact) mass is 232 g/mol. The number of nitrogens with zero attached hydrogens (tertiary/aromatic N) is 1. The summed E-state index contributed by atoms with van der Waals surface area (Å²) < 4.78 is 0. The third-order valence-electron chi connectivity index (χ3n) is 2.11. The number of pyridine rings is 1. The van der Waals surface area contributed by atoms with Crippen molar-refractivity contribution in [3.8, 4) is 0 Å². The summed E-state index contributed by atoms with van der Waals surface area (Å²) in [4.78, 5) is 16.6. The van der Waals surface area contributed by atoms with Crippen molar-refractivity contribution in [1.29, 1.82) is 0 Å². The SMILES string of the molecule is O=C(CNCc1ccccn1)c1cccs1. The summed E-state index contributed by atoms with van der Waals surface area (Å²) in [5.41, 5.74) is 0.946. The van der Waals surface area contributed by atoms with Gasteiger partial charge in [-0.15, -0.1) is 11.3 Å². The van der Waals surface area contributed by atoms with Crippen LogP contribution in [0.25, 0.3) is 0 Å². The highest BCUT2D eigenvalue weighted by atomic mass is 32.1. The van der Waals surface area contributed by atoms with Gasteiger partial charge in [-0.2, -0.15) is 0 Å². The Kier molecular flexibility index (Phi) is 3.80. The van der Waals surface area contributed by atoms with E-state index in [9.17, 15) is 4.79 Å². The van der Waals surface area contributed by atoms with Gasteiger partial charge in [-0.25, -0.2) is 0 Å². The first-order valence-corrected chi connectivity index (χ1v) is 5.91. The van der Waals surface area contributed by atoms with Gasteiger partial charge < -0.3 is 5.32 Å². The summed E-state index contributed by atoms with van der Waals surface area (Å²) in [7, 11) is 0. The Morgan fingerprint density at radius 3 is 2.94 bits per heavy atom. The van der Waals surface area contributed by atoms with E-state index < -0.39 is 0 Å². The topological polar surface area (TPSA) is 42.0 Å². The minimum atomic E-state index is 0.130. The Bertz CT molecular complexity index is 439. The molecule has 0 saturated heterocycles. The number of carbonyl (C=O) groups excluding carboxylic acids is 1. The maximum Gasteiger partial charge on any atom is 0.186 e. The van der Waals surface area contributed by atoms with Crippen LogP contribution in [0.3, 0.4) is 0 Å². The van der Waals surface area contributed by atoms with Gasteiger partial charge in [-0.1, -0.05) is 12.1 Å². The van der Waals surface area contributed by atoms with Crippen molar-refractivity contribution >= 4 is 17.1 Å².